The molecule has 0 radical (unpaired) electrons. The fraction of sp³-hybridized carbons (Fsp3) is 0.130. The molecule has 1 amide bonds. The van der Waals surface area contributed by atoms with E-state index in [9.17, 15) is 14.7 Å². The first-order valence-corrected chi connectivity index (χ1v) is 10.8. The maximum atomic E-state index is 13.1. The number of benzene rings is 3. The second-order valence-electron chi connectivity index (χ2n) is 7.41. The molecule has 0 atom stereocenters. The van der Waals surface area contributed by atoms with Gasteiger partial charge in [0.2, 0.25) is 0 Å². The number of carboxylic acid groups (broad SMARTS) is 1. The molecule has 2 N–H and O–H groups in total. The Morgan fingerprint density at radius 1 is 0.839 bits per heavy atom. The lowest BCUT2D eigenvalue weighted by molar-refractivity contribution is -0.144. The highest BCUT2D eigenvalue weighted by Gasteiger charge is 2.45. The van der Waals surface area contributed by atoms with Gasteiger partial charge in [-0.15, -0.1) is 0 Å². The average molecular weight is 495 g/mol. The van der Waals surface area contributed by atoms with E-state index < -0.39 is 17.4 Å². The van der Waals surface area contributed by atoms with Crippen LogP contribution in [0.4, 0.5) is 0 Å². The van der Waals surface area contributed by atoms with E-state index in [1.54, 1.807) is 18.2 Å². The van der Waals surface area contributed by atoms with E-state index in [4.69, 9.17) is 46.4 Å². The topological polar surface area (TPSA) is 66.4 Å². The summed E-state index contributed by atoms with van der Waals surface area (Å²) in [6, 6.07) is 15.2. The molecule has 0 saturated carbocycles. The molecule has 31 heavy (non-hydrogen) atoms. The first-order chi connectivity index (χ1) is 14.7. The predicted molar refractivity (Wildman–Crippen MR) is 124 cm³/mol. The largest absolute Gasteiger partial charge is 0.479 e. The van der Waals surface area contributed by atoms with Gasteiger partial charge in [-0.25, -0.2) is 4.79 Å². The smallest absolute Gasteiger partial charge is 0.330 e. The van der Waals surface area contributed by atoms with Gasteiger partial charge in [-0.05, 0) is 41.5 Å². The number of fused-ring (bicyclic) bond motifs is 1. The quantitative estimate of drug-likeness (QED) is 0.417. The van der Waals surface area contributed by atoms with Gasteiger partial charge in [0.05, 0.1) is 10.0 Å². The van der Waals surface area contributed by atoms with Crippen LogP contribution < -0.4 is 5.32 Å². The Morgan fingerprint density at radius 2 is 1.48 bits per heavy atom. The van der Waals surface area contributed by atoms with Crippen LogP contribution in [0, 0.1) is 0 Å². The van der Waals surface area contributed by atoms with Gasteiger partial charge in [-0.2, -0.15) is 0 Å². The number of hydrogen-bond donors (Lipinski definition) is 2. The lowest BCUT2D eigenvalue weighted by atomic mass is 9.94. The highest BCUT2D eigenvalue weighted by atomic mass is 35.5. The number of rotatable bonds is 4. The van der Waals surface area contributed by atoms with Crippen LogP contribution >= 0.6 is 46.4 Å². The average Bonchev–Trinajstić information content (AvgIpc) is 3.10. The summed E-state index contributed by atoms with van der Waals surface area (Å²) in [5, 5.41) is 13.9. The van der Waals surface area contributed by atoms with E-state index >= 15 is 0 Å². The summed E-state index contributed by atoms with van der Waals surface area (Å²) in [5.74, 6) is -1.62. The van der Waals surface area contributed by atoms with Crippen LogP contribution in [-0.2, 0) is 17.6 Å². The maximum absolute atomic E-state index is 13.1. The first kappa shape index (κ1) is 22.0. The highest BCUT2D eigenvalue weighted by molar-refractivity contribution is 6.45. The van der Waals surface area contributed by atoms with Crippen LogP contribution in [-0.4, -0.2) is 22.5 Å². The molecule has 3 aromatic rings. The number of carbonyl (C=O) groups is 2. The molecule has 1 aliphatic rings. The number of carboxylic acids is 1. The zero-order chi connectivity index (χ0) is 22.3. The van der Waals surface area contributed by atoms with Gasteiger partial charge in [0.15, 0.2) is 0 Å². The molecule has 3 aromatic carbocycles. The predicted octanol–water partition coefficient (Wildman–Crippen LogP) is 6.32. The van der Waals surface area contributed by atoms with Gasteiger partial charge in [-0.3, -0.25) is 4.79 Å². The molecule has 0 fully saturated rings. The van der Waals surface area contributed by atoms with Crippen molar-refractivity contribution in [2.75, 3.05) is 0 Å². The zero-order valence-electron chi connectivity index (χ0n) is 15.9. The Kier molecular flexibility index (Phi) is 5.93. The fourth-order valence-corrected chi connectivity index (χ4v) is 4.75. The Hall–Kier alpha value is -2.24. The normalized spacial score (nSPS) is 14.2. The summed E-state index contributed by atoms with van der Waals surface area (Å²) < 4.78 is 0. The molecular formula is C23H15Cl4NO3. The Morgan fingerprint density at radius 3 is 2.10 bits per heavy atom. The fourth-order valence-electron chi connectivity index (χ4n) is 3.82. The van der Waals surface area contributed by atoms with Crippen molar-refractivity contribution in [2.24, 2.45) is 0 Å². The number of aliphatic carboxylic acids is 1. The van der Waals surface area contributed by atoms with Crippen LogP contribution in [0.25, 0.3) is 11.1 Å². The zero-order valence-corrected chi connectivity index (χ0v) is 18.9. The Balaban J connectivity index is 1.69. The van der Waals surface area contributed by atoms with Gasteiger partial charge in [0.1, 0.15) is 5.54 Å². The third kappa shape index (κ3) is 4.13. The van der Waals surface area contributed by atoms with Crippen molar-refractivity contribution in [1.82, 2.24) is 5.32 Å². The van der Waals surface area contributed by atoms with Gasteiger partial charge >= 0.3 is 5.97 Å². The third-order valence-electron chi connectivity index (χ3n) is 5.38. The number of amides is 1. The monoisotopic (exact) mass is 493 g/mol. The number of nitrogens with one attached hydrogen (secondary N) is 1. The van der Waals surface area contributed by atoms with E-state index in [1.165, 1.54) is 12.1 Å². The van der Waals surface area contributed by atoms with E-state index in [-0.39, 0.29) is 28.5 Å². The molecule has 0 spiro atoms. The van der Waals surface area contributed by atoms with Crippen molar-refractivity contribution in [3.05, 3.63) is 91.4 Å². The minimum Gasteiger partial charge on any atom is -0.479 e. The molecule has 158 valence electrons. The lowest BCUT2D eigenvalue weighted by Crippen LogP contribution is -2.55. The summed E-state index contributed by atoms with van der Waals surface area (Å²) in [4.78, 5) is 25.2. The van der Waals surface area contributed by atoms with Crippen molar-refractivity contribution in [1.29, 1.82) is 0 Å². The SMILES string of the molecule is O=C(NC1(C(=O)O)Cc2ccccc2C1)c1ccc(Cl)c(-c2cc(Cl)cc(Cl)c2Cl)c1. The summed E-state index contributed by atoms with van der Waals surface area (Å²) >= 11 is 24.9. The standard InChI is InChI=1S/C23H15Cl4NO3/c24-15-8-17(20(27)19(26)9-15)16-7-12(5-6-18(16)25)21(29)28-23(22(30)31)10-13-3-1-2-4-14(13)11-23/h1-9H,10-11H2,(H,28,29)(H,30,31). The van der Waals surface area contributed by atoms with Crippen LogP contribution in [0.3, 0.4) is 0 Å². The number of halogens is 4. The van der Waals surface area contributed by atoms with Crippen molar-refractivity contribution in [2.45, 2.75) is 18.4 Å². The van der Waals surface area contributed by atoms with Crippen LogP contribution in [0.15, 0.2) is 54.6 Å². The van der Waals surface area contributed by atoms with E-state index in [1.807, 2.05) is 24.3 Å². The summed E-state index contributed by atoms with van der Waals surface area (Å²) in [5.41, 5.74) is 1.56. The number of carbonyl (C=O) groups excluding carboxylic acids is 1. The van der Waals surface area contributed by atoms with Crippen molar-refractivity contribution >= 4 is 58.3 Å². The minimum atomic E-state index is -1.42. The Bertz CT molecular complexity index is 1200. The molecule has 0 saturated heterocycles. The van der Waals surface area contributed by atoms with Gasteiger partial charge in [0, 0.05) is 39.6 Å². The summed E-state index contributed by atoms with van der Waals surface area (Å²) in [6.45, 7) is 0. The van der Waals surface area contributed by atoms with Crippen LogP contribution in [0.5, 0.6) is 0 Å². The van der Waals surface area contributed by atoms with E-state index in [2.05, 4.69) is 5.32 Å². The highest BCUT2D eigenvalue weighted by Crippen LogP contribution is 2.40. The van der Waals surface area contributed by atoms with Gasteiger partial charge in [-0.1, -0.05) is 70.7 Å². The molecule has 0 bridgehead atoms. The molecular weight excluding hydrogens is 480 g/mol. The van der Waals surface area contributed by atoms with Crippen LogP contribution in [0.2, 0.25) is 20.1 Å². The van der Waals surface area contributed by atoms with Gasteiger partial charge < -0.3 is 10.4 Å². The molecule has 0 aliphatic heterocycles. The second kappa shape index (κ2) is 8.36. The number of hydrogen-bond acceptors (Lipinski definition) is 2. The molecule has 0 heterocycles. The van der Waals surface area contributed by atoms with Crippen molar-refractivity contribution < 1.29 is 14.7 Å². The third-order valence-corrected chi connectivity index (χ3v) is 6.73. The molecule has 1 aliphatic carbocycles. The van der Waals surface area contributed by atoms with Crippen molar-refractivity contribution in [3.63, 3.8) is 0 Å². The molecule has 8 heteroatoms. The molecule has 0 unspecified atom stereocenters. The molecule has 0 aromatic heterocycles. The Labute approximate surface area is 198 Å². The molecule has 4 rings (SSSR count). The summed E-state index contributed by atoms with van der Waals surface area (Å²) in [6.07, 6.45) is 0.418. The minimum absolute atomic E-state index is 0.209. The van der Waals surface area contributed by atoms with Crippen LogP contribution in [0.1, 0.15) is 21.5 Å². The van der Waals surface area contributed by atoms with Crippen molar-refractivity contribution in [3.8, 4) is 11.1 Å². The maximum Gasteiger partial charge on any atom is 0.330 e. The summed E-state index contributed by atoms with van der Waals surface area (Å²) in [7, 11) is 0. The lowest BCUT2D eigenvalue weighted by Gasteiger charge is -2.25. The second-order valence-corrected chi connectivity index (χ2v) is 9.04. The first-order valence-electron chi connectivity index (χ1n) is 9.27. The van der Waals surface area contributed by atoms with E-state index in [0.29, 0.717) is 21.2 Å². The molecule has 4 nitrogen and oxygen atoms in total. The van der Waals surface area contributed by atoms with E-state index in [0.717, 1.165) is 11.1 Å². The van der Waals surface area contributed by atoms with Gasteiger partial charge in [0.25, 0.3) is 5.91 Å².